The first-order valence-corrected chi connectivity index (χ1v) is 11.6. The summed E-state index contributed by atoms with van der Waals surface area (Å²) in [5, 5.41) is 12.5. The van der Waals surface area contributed by atoms with Gasteiger partial charge in [-0.25, -0.2) is 0 Å². The molecule has 3 rings (SSSR count). The average molecular weight is 402 g/mol. The summed E-state index contributed by atoms with van der Waals surface area (Å²) in [5.74, 6) is 0.249. The molecule has 1 atom stereocenters. The first-order valence-electron chi connectivity index (χ1n) is 11.6. The minimum absolute atomic E-state index is 0.119. The Hall–Kier alpha value is -1.43. The fourth-order valence-electron chi connectivity index (χ4n) is 4.69. The second-order valence-corrected chi connectivity index (χ2v) is 8.78. The molecule has 0 radical (unpaired) electrons. The number of piperidine rings is 2. The third-order valence-corrected chi connectivity index (χ3v) is 6.74. The predicted octanol–water partition coefficient (Wildman–Crippen LogP) is 2.68. The van der Waals surface area contributed by atoms with Crippen molar-refractivity contribution in [3.05, 3.63) is 35.9 Å². The molecule has 0 aromatic heterocycles. The van der Waals surface area contributed by atoms with Gasteiger partial charge in [-0.05, 0) is 83.2 Å². The summed E-state index contributed by atoms with van der Waals surface area (Å²) < 4.78 is 0. The lowest BCUT2D eigenvalue weighted by atomic mass is 9.92. The largest absolute Gasteiger partial charge is 0.391 e. The van der Waals surface area contributed by atoms with E-state index in [1.807, 2.05) is 6.92 Å². The standard InChI is InChI=1S/C24H39N3O2/c1-2-23(28)19-25-24(29)21-10-17-27(18-11-21)22-12-15-26(16-13-22)14-6-9-20-7-4-3-5-8-20/h3-5,7-8,21-23,28H,2,6,9-19H2,1H3,(H,25,29)/t23-/m0/s1. The summed E-state index contributed by atoms with van der Waals surface area (Å²) in [5.41, 5.74) is 1.44. The van der Waals surface area contributed by atoms with Gasteiger partial charge in [0.1, 0.15) is 0 Å². The van der Waals surface area contributed by atoms with Gasteiger partial charge >= 0.3 is 0 Å². The molecule has 162 valence electrons. The molecule has 1 aromatic rings. The van der Waals surface area contributed by atoms with E-state index >= 15 is 0 Å². The molecule has 5 heteroatoms. The minimum atomic E-state index is -0.420. The maximum Gasteiger partial charge on any atom is 0.223 e. The molecule has 2 heterocycles. The number of benzene rings is 1. The first-order chi connectivity index (χ1) is 14.2. The van der Waals surface area contributed by atoms with Gasteiger partial charge < -0.3 is 20.2 Å². The van der Waals surface area contributed by atoms with Crippen molar-refractivity contribution in [2.75, 3.05) is 39.3 Å². The number of aliphatic hydroxyl groups is 1. The van der Waals surface area contributed by atoms with E-state index in [0.29, 0.717) is 19.0 Å². The van der Waals surface area contributed by atoms with Crippen LogP contribution < -0.4 is 5.32 Å². The molecule has 0 aliphatic carbocycles. The van der Waals surface area contributed by atoms with E-state index in [1.165, 1.54) is 50.9 Å². The second-order valence-electron chi connectivity index (χ2n) is 8.78. The van der Waals surface area contributed by atoms with Gasteiger partial charge in [-0.2, -0.15) is 0 Å². The van der Waals surface area contributed by atoms with E-state index in [0.717, 1.165) is 25.9 Å². The number of carbonyl (C=O) groups excluding carboxylic acids is 1. The minimum Gasteiger partial charge on any atom is -0.391 e. The SMILES string of the molecule is CC[C@H](O)CNC(=O)C1CCN(C2CCN(CCCc3ccccc3)CC2)CC1. The highest BCUT2D eigenvalue weighted by molar-refractivity contribution is 5.78. The summed E-state index contributed by atoms with van der Waals surface area (Å²) in [6, 6.07) is 11.5. The molecular formula is C24H39N3O2. The van der Waals surface area contributed by atoms with E-state index < -0.39 is 6.10 Å². The lowest BCUT2D eigenvalue weighted by Crippen LogP contribution is -2.49. The van der Waals surface area contributed by atoms with Crippen molar-refractivity contribution in [2.24, 2.45) is 5.92 Å². The number of aryl methyl sites for hydroxylation is 1. The Labute approximate surface area is 176 Å². The maximum atomic E-state index is 12.3. The van der Waals surface area contributed by atoms with Crippen LogP contribution in [-0.2, 0) is 11.2 Å². The number of nitrogens with zero attached hydrogens (tertiary/aromatic N) is 2. The van der Waals surface area contributed by atoms with E-state index in [-0.39, 0.29) is 11.8 Å². The number of nitrogens with one attached hydrogen (secondary N) is 1. The van der Waals surface area contributed by atoms with Crippen LogP contribution in [0.3, 0.4) is 0 Å². The zero-order chi connectivity index (χ0) is 20.5. The monoisotopic (exact) mass is 401 g/mol. The molecule has 0 unspecified atom stereocenters. The van der Waals surface area contributed by atoms with Crippen molar-refractivity contribution in [3.8, 4) is 0 Å². The summed E-state index contributed by atoms with van der Waals surface area (Å²) >= 11 is 0. The number of aliphatic hydroxyl groups excluding tert-OH is 1. The van der Waals surface area contributed by atoms with Gasteiger partial charge in [-0.1, -0.05) is 37.3 Å². The van der Waals surface area contributed by atoms with Crippen LogP contribution in [0.4, 0.5) is 0 Å². The van der Waals surface area contributed by atoms with E-state index in [9.17, 15) is 9.90 Å². The van der Waals surface area contributed by atoms with Crippen LogP contribution in [-0.4, -0.2) is 72.2 Å². The molecule has 2 N–H and O–H groups in total. The molecule has 2 fully saturated rings. The number of hydrogen-bond acceptors (Lipinski definition) is 4. The molecule has 2 aliphatic rings. The van der Waals surface area contributed by atoms with Gasteiger partial charge in [-0.3, -0.25) is 4.79 Å². The predicted molar refractivity (Wildman–Crippen MR) is 118 cm³/mol. The lowest BCUT2D eigenvalue weighted by molar-refractivity contribution is -0.127. The van der Waals surface area contributed by atoms with Crippen LogP contribution in [0.5, 0.6) is 0 Å². The van der Waals surface area contributed by atoms with Crippen molar-refractivity contribution >= 4 is 5.91 Å². The number of rotatable bonds is 9. The highest BCUT2D eigenvalue weighted by Crippen LogP contribution is 2.24. The second kappa shape index (κ2) is 11.7. The molecule has 1 aromatic carbocycles. The topological polar surface area (TPSA) is 55.8 Å². The van der Waals surface area contributed by atoms with Crippen LogP contribution in [0.15, 0.2) is 30.3 Å². The van der Waals surface area contributed by atoms with Crippen molar-refractivity contribution in [1.82, 2.24) is 15.1 Å². The number of hydrogen-bond donors (Lipinski definition) is 2. The highest BCUT2D eigenvalue weighted by Gasteiger charge is 2.30. The lowest BCUT2D eigenvalue weighted by Gasteiger charge is -2.41. The van der Waals surface area contributed by atoms with E-state index in [1.54, 1.807) is 0 Å². The fourth-order valence-corrected chi connectivity index (χ4v) is 4.69. The van der Waals surface area contributed by atoms with Gasteiger partial charge in [0.15, 0.2) is 0 Å². The van der Waals surface area contributed by atoms with Gasteiger partial charge in [0.05, 0.1) is 6.10 Å². The summed E-state index contributed by atoms with van der Waals surface area (Å²) in [4.78, 5) is 17.5. The van der Waals surface area contributed by atoms with Crippen molar-refractivity contribution < 1.29 is 9.90 Å². The molecule has 2 aliphatic heterocycles. The van der Waals surface area contributed by atoms with Crippen LogP contribution >= 0.6 is 0 Å². The van der Waals surface area contributed by atoms with Gasteiger partial charge in [0.2, 0.25) is 5.91 Å². The Morgan fingerprint density at radius 2 is 1.79 bits per heavy atom. The maximum absolute atomic E-state index is 12.3. The number of likely N-dealkylation sites (tertiary alicyclic amines) is 2. The Bertz CT molecular complexity index is 593. The zero-order valence-corrected chi connectivity index (χ0v) is 18.1. The van der Waals surface area contributed by atoms with Gasteiger partial charge in [0.25, 0.3) is 0 Å². The first kappa shape index (κ1) is 22.3. The molecule has 0 spiro atoms. The van der Waals surface area contributed by atoms with Crippen molar-refractivity contribution in [1.29, 1.82) is 0 Å². The quantitative estimate of drug-likeness (QED) is 0.668. The Morgan fingerprint density at radius 1 is 1.10 bits per heavy atom. The van der Waals surface area contributed by atoms with Crippen molar-refractivity contribution in [2.45, 2.75) is 64.0 Å². The van der Waals surface area contributed by atoms with E-state index in [2.05, 4.69) is 45.4 Å². The Kier molecular flexibility index (Phi) is 8.96. The molecule has 0 saturated carbocycles. The molecule has 2 saturated heterocycles. The molecule has 5 nitrogen and oxygen atoms in total. The normalized spacial score (nSPS) is 21.2. The van der Waals surface area contributed by atoms with Gasteiger partial charge in [-0.15, -0.1) is 0 Å². The zero-order valence-electron chi connectivity index (χ0n) is 18.1. The van der Waals surface area contributed by atoms with Crippen molar-refractivity contribution in [3.63, 3.8) is 0 Å². The van der Waals surface area contributed by atoms with Crippen LogP contribution in [0.1, 0.15) is 51.0 Å². The molecule has 0 bridgehead atoms. The highest BCUT2D eigenvalue weighted by atomic mass is 16.3. The third kappa shape index (κ3) is 7.09. The Morgan fingerprint density at radius 3 is 2.45 bits per heavy atom. The summed E-state index contributed by atoms with van der Waals surface area (Å²) in [7, 11) is 0. The molecule has 29 heavy (non-hydrogen) atoms. The van der Waals surface area contributed by atoms with E-state index in [4.69, 9.17) is 0 Å². The molecular weight excluding hydrogens is 362 g/mol. The van der Waals surface area contributed by atoms with Gasteiger partial charge in [0, 0.05) is 18.5 Å². The fraction of sp³-hybridized carbons (Fsp3) is 0.708. The summed E-state index contributed by atoms with van der Waals surface area (Å²) in [6.07, 6.45) is 7.08. The third-order valence-electron chi connectivity index (χ3n) is 6.74. The van der Waals surface area contributed by atoms with Crippen LogP contribution in [0.2, 0.25) is 0 Å². The summed E-state index contributed by atoms with van der Waals surface area (Å²) in [6.45, 7) is 8.00. The average Bonchev–Trinajstić information content (AvgIpc) is 2.78. The van der Waals surface area contributed by atoms with Crippen LogP contribution in [0, 0.1) is 5.92 Å². The number of carbonyl (C=O) groups is 1. The number of amides is 1. The smallest absolute Gasteiger partial charge is 0.223 e. The van der Waals surface area contributed by atoms with Crippen LogP contribution in [0.25, 0.3) is 0 Å². The Balaban J connectivity index is 1.30. The molecule has 1 amide bonds.